The minimum absolute atomic E-state index is 0.554. The third-order valence-electron chi connectivity index (χ3n) is 3.30. The van der Waals surface area contributed by atoms with E-state index in [1.165, 1.54) is 0 Å². The molecule has 4 heteroatoms. The molecule has 1 heterocycles. The van der Waals surface area contributed by atoms with Crippen molar-refractivity contribution in [3.63, 3.8) is 0 Å². The van der Waals surface area contributed by atoms with Gasteiger partial charge in [-0.3, -0.25) is 0 Å². The van der Waals surface area contributed by atoms with Crippen LogP contribution >= 0.6 is 0 Å². The van der Waals surface area contributed by atoms with Crippen LogP contribution in [-0.4, -0.2) is 12.1 Å². The van der Waals surface area contributed by atoms with E-state index in [9.17, 15) is 0 Å². The molecular weight excluding hydrogens is 252 g/mol. The molecule has 0 saturated heterocycles. The van der Waals surface area contributed by atoms with Gasteiger partial charge in [-0.05, 0) is 42.3 Å². The average molecular weight is 268 g/mol. The molecule has 0 aliphatic heterocycles. The summed E-state index contributed by atoms with van der Waals surface area (Å²) >= 11 is 0. The molecule has 0 aliphatic rings. The third kappa shape index (κ3) is 2.09. The number of rotatable bonds is 3. The second-order valence-corrected chi connectivity index (χ2v) is 4.64. The van der Waals surface area contributed by atoms with Crippen LogP contribution in [0.15, 0.2) is 40.8 Å². The normalized spacial score (nSPS) is 10.9. The smallest absolute Gasteiger partial charge is 0.227 e. The van der Waals surface area contributed by atoms with Crippen molar-refractivity contribution in [3.05, 3.63) is 42.0 Å². The summed E-state index contributed by atoms with van der Waals surface area (Å²) in [7, 11) is 1.64. The number of oxazole rings is 1. The molecule has 0 aliphatic carbocycles. The second-order valence-electron chi connectivity index (χ2n) is 4.64. The largest absolute Gasteiger partial charge is 0.497 e. The number of aromatic nitrogens is 1. The van der Waals surface area contributed by atoms with E-state index < -0.39 is 0 Å². The molecule has 4 nitrogen and oxygen atoms in total. The summed E-state index contributed by atoms with van der Waals surface area (Å²) in [5, 5.41) is 0. The van der Waals surface area contributed by atoms with Crippen molar-refractivity contribution in [1.29, 1.82) is 0 Å². The average Bonchev–Trinajstić information content (AvgIpc) is 2.92. The van der Waals surface area contributed by atoms with Gasteiger partial charge in [-0.15, -0.1) is 0 Å². The van der Waals surface area contributed by atoms with Gasteiger partial charge in [0.25, 0.3) is 0 Å². The Morgan fingerprint density at radius 3 is 2.85 bits per heavy atom. The van der Waals surface area contributed by atoms with E-state index in [1.54, 1.807) is 7.11 Å². The van der Waals surface area contributed by atoms with Gasteiger partial charge in [0.1, 0.15) is 11.3 Å². The van der Waals surface area contributed by atoms with Crippen molar-refractivity contribution in [3.8, 4) is 17.2 Å². The second kappa shape index (κ2) is 4.89. The number of nitrogens with zero attached hydrogens (tertiary/aromatic N) is 1. The Bertz CT molecular complexity index is 762. The number of nitrogens with two attached hydrogens (primary N) is 1. The highest BCUT2D eigenvalue weighted by Crippen LogP contribution is 2.30. The minimum atomic E-state index is 0.554. The first-order valence-corrected chi connectivity index (χ1v) is 6.54. The van der Waals surface area contributed by atoms with Crippen LogP contribution < -0.4 is 10.5 Å². The Morgan fingerprint density at radius 2 is 2.10 bits per heavy atom. The van der Waals surface area contributed by atoms with Gasteiger partial charge in [-0.25, -0.2) is 4.98 Å². The maximum absolute atomic E-state index is 6.02. The molecule has 0 atom stereocenters. The zero-order valence-electron chi connectivity index (χ0n) is 11.5. The van der Waals surface area contributed by atoms with Gasteiger partial charge in [0.15, 0.2) is 5.58 Å². The molecule has 0 saturated carbocycles. The maximum atomic E-state index is 6.02. The summed E-state index contributed by atoms with van der Waals surface area (Å²) in [5.74, 6) is 1.32. The standard InChI is InChI=1S/C16H16N2O2/c1-3-10-7-13(17)15-14(8-10)18-16(20-15)11-5-4-6-12(9-11)19-2/h4-9H,3,17H2,1-2H3. The fourth-order valence-electron chi connectivity index (χ4n) is 2.20. The summed E-state index contributed by atoms with van der Waals surface area (Å²) in [5.41, 5.74) is 10.1. The lowest BCUT2D eigenvalue weighted by Gasteiger charge is -2.00. The first-order valence-electron chi connectivity index (χ1n) is 6.54. The van der Waals surface area contributed by atoms with Crippen molar-refractivity contribution in [1.82, 2.24) is 4.98 Å². The molecule has 1 aromatic heterocycles. The predicted molar refractivity (Wildman–Crippen MR) is 79.8 cm³/mol. The summed E-state index contributed by atoms with van der Waals surface area (Å²) in [4.78, 5) is 4.53. The Kier molecular flexibility index (Phi) is 3.06. The van der Waals surface area contributed by atoms with E-state index >= 15 is 0 Å². The number of anilines is 1. The van der Waals surface area contributed by atoms with Crippen LogP contribution in [0.5, 0.6) is 5.75 Å². The fourth-order valence-corrected chi connectivity index (χ4v) is 2.20. The molecule has 0 amide bonds. The molecule has 0 unspecified atom stereocenters. The number of fused-ring (bicyclic) bond motifs is 1. The Labute approximate surface area is 117 Å². The van der Waals surface area contributed by atoms with Gasteiger partial charge in [0.05, 0.1) is 12.8 Å². The summed E-state index contributed by atoms with van der Waals surface area (Å²) in [6.45, 7) is 2.09. The van der Waals surface area contributed by atoms with Gasteiger partial charge in [-0.2, -0.15) is 0 Å². The first kappa shape index (κ1) is 12.5. The monoisotopic (exact) mass is 268 g/mol. The lowest BCUT2D eigenvalue weighted by Crippen LogP contribution is -1.88. The number of nitrogen functional groups attached to an aromatic ring is 1. The highest BCUT2D eigenvalue weighted by molar-refractivity contribution is 5.87. The van der Waals surface area contributed by atoms with Crippen LogP contribution in [0.3, 0.4) is 0 Å². The number of hydrogen-bond acceptors (Lipinski definition) is 4. The van der Waals surface area contributed by atoms with Gasteiger partial charge >= 0.3 is 0 Å². The quantitative estimate of drug-likeness (QED) is 0.736. The Hall–Kier alpha value is -2.49. The van der Waals surface area contributed by atoms with Crippen LogP contribution in [0.2, 0.25) is 0 Å². The Morgan fingerprint density at radius 1 is 1.25 bits per heavy atom. The first-order chi connectivity index (χ1) is 9.71. The van der Waals surface area contributed by atoms with Gasteiger partial charge in [0, 0.05) is 5.56 Å². The minimum Gasteiger partial charge on any atom is -0.497 e. The Balaban J connectivity index is 2.14. The van der Waals surface area contributed by atoms with Crippen LogP contribution in [-0.2, 0) is 6.42 Å². The van der Waals surface area contributed by atoms with Gasteiger partial charge in [0.2, 0.25) is 5.89 Å². The molecule has 0 spiro atoms. The SMILES string of the molecule is CCc1cc(N)c2oc(-c3cccc(OC)c3)nc2c1. The van der Waals surface area contributed by atoms with E-state index in [4.69, 9.17) is 14.9 Å². The van der Waals surface area contributed by atoms with E-state index in [0.717, 1.165) is 28.8 Å². The summed E-state index contributed by atoms with van der Waals surface area (Å²) in [6.07, 6.45) is 0.918. The third-order valence-corrected chi connectivity index (χ3v) is 3.30. The van der Waals surface area contributed by atoms with Crippen LogP contribution in [0.1, 0.15) is 12.5 Å². The topological polar surface area (TPSA) is 61.3 Å². The molecule has 2 N–H and O–H groups in total. The summed E-state index contributed by atoms with van der Waals surface area (Å²) in [6, 6.07) is 11.6. The van der Waals surface area contributed by atoms with Gasteiger partial charge < -0.3 is 14.9 Å². The van der Waals surface area contributed by atoms with Crippen molar-refractivity contribution >= 4 is 16.8 Å². The number of hydrogen-bond donors (Lipinski definition) is 1. The van der Waals surface area contributed by atoms with Crippen LogP contribution in [0.4, 0.5) is 5.69 Å². The lowest BCUT2D eigenvalue weighted by molar-refractivity contribution is 0.415. The molecule has 3 aromatic rings. The van der Waals surface area contributed by atoms with E-state index in [-0.39, 0.29) is 0 Å². The molecule has 102 valence electrons. The van der Waals surface area contributed by atoms with E-state index in [2.05, 4.69) is 11.9 Å². The van der Waals surface area contributed by atoms with Crippen molar-refractivity contribution in [2.75, 3.05) is 12.8 Å². The number of methoxy groups -OCH3 is 1. The van der Waals surface area contributed by atoms with Crippen LogP contribution in [0.25, 0.3) is 22.6 Å². The number of ether oxygens (including phenoxy) is 1. The van der Waals surface area contributed by atoms with E-state index in [1.807, 2.05) is 36.4 Å². The van der Waals surface area contributed by atoms with Crippen molar-refractivity contribution in [2.45, 2.75) is 13.3 Å². The maximum Gasteiger partial charge on any atom is 0.227 e. The van der Waals surface area contributed by atoms with Crippen LogP contribution in [0, 0.1) is 0 Å². The molecule has 2 aromatic carbocycles. The highest BCUT2D eigenvalue weighted by Gasteiger charge is 2.12. The zero-order valence-corrected chi connectivity index (χ0v) is 11.5. The van der Waals surface area contributed by atoms with Crippen molar-refractivity contribution < 1.29 is 9.15 Å². The zero-order chi connectivity index (χ0) is 14.1. The molecule has 0 fully saturated rings. The molecule has 3 rings (SSSR count). The fraction of sp³-hybridized carbons (Fsp3) is 0.188. The van der Waals surface area contributed by atoms with Crippen molar-refractivity contribution in [2.24, 2.45) is 0 Å². The summed E-state index contributed by atoms with van der Waals surface area (Å²) < 4.78 is 11.0. The van der Waals surface area contributed by atoms with E-state index in [0.29, 0.717) is 17.2 Å². The molecule has 20 heavy (non-hydrogen) atoms. The predicted octanol–water partition coefficient (Wildman–Crippen LogP) is 3.65. The highest BCUT2D eigenvalue weighted by atomic mass is 16.5. The molecule has 0 bridgehead atoms. The molecular formula is C16H16N2O2. The number of aryl methyl sites for hydroxylation is 1. The van der Waals surface area contributed by atoms with Gasteiger partial charge in [-0.1, -0.05) is 13.0 Å². The molecule has 0 radical (unpaired) electrons. The lowest BCUT2D eigenvalue weighted by atomic mass is 10.1. The number of benzene rings is 2.